The van der Waals surface area contributed by atoms with Gasteiger partial charge in [-0.1, -0.05) is 6.07 Å². The third-order valence-corrected chi connectivity index (χ3v) is 5.93. The summed E-state index contributed by atoms with van der Waals surface area (Å²) in [6.07, 6.45) is 9.56. The highest BCUT2D eigenvalue weighted by molar-refractivity contribution is 5.36. The Morgan fingerprint density at radius 2 is 2.21 bits per heavy atom. The van der Waals surface area contributed by atoms with Gasteiger partial charge < -0.3 is 15.6 Å². The van der Waals surface area contributed by atoms with Gasteiger partial charge in [0.25, 0.3) is 0 Å². The largest absolute Gasteiger partial charge is 0.370 e. The highest BCUT2D eigenvalue weighted by Gasteiger charge is 2.42. The van der Waals surface area contributed by atoms with Crippen LogP contribution < -0.4 is 21.5 Å². The van der Waals surface area contributed by atoms with E-state index in [-0.39, 0.29) is 6.04 Å². The number of fused-ring (bicyclic) bond motifs is 1. The van der Waals surface area contributed by atoms with E-state index in [0.29, 0.717) is 18.0 Å². The molecule has 9 heteroatoms. The molecule has 3 aromatic rings. The van der Waals surface area contributed by atoms with Crippen LogP contribution in [0.25, 0.3) is 0 Å². The van der Waals surface area contributed by atoms with Gasteiger partial charge in [-0.05, 0) is 18.6 Å². The smallest absolute Gasteiger partial charge is 0.126 e. The maximum Gasteiger partial charge on any atom is 0.126 e. The molecule has 152 valence electrons. The Balaban J connectivity index is 1.26. The number of anilines is 1. The van der Waals surface area contributed by atoms with Crippen molar-refractivity contribution in [3.8, 4) is 0 Å². The summed E-state index contributed by atoms with van der Waals surface area (Å²) in [6, 6.07) is 7.13. The lowest BCUT2D eigenvalue weighted by Crippen LogP contribution is -2.46. The monoisotopic (exact) mass is 393 g/mol. The second kappa shape index (κ2) is 7.94. The molecule has 3 aromatic heterocycles. The van der Waals surface area contributed by atoms with Gasteiger partial charge in [0.2, 0.25) is 0 Å². The number of nitrogens with zero attached hydrogens (tertiary/aromatic N) is 4. The van der Waals surface area contributed by atoms with Crippen LogP contribution in [0.1, 0.15) is 35.5 Å². The predicted octanol–water partition coefficient (Wildman–Crippen LogP) is 1.06. The molecule has 0 amide bonds. The Hall–Kier alpha value is -2.75. The molecule has 5 N–H and O–H groups in total. The van der Waals surface area contributed by atoms with E-state index in [9.17, 15) is 0 Å². The van der Waals surface area contributed by atoms with Gasteiger partial charge in [0, 0.05) is 68.2 Å². The second-order valence-corrected chi connectivity index (χ2v) is 7.88. The molecule has 0 bridgehead atoms. The maximum absolute atomic E-state index is 4.89. The van der Waals surface area contributed by atoms with Gasteiger partial charge in [-0.3, -0.25) is 10.1 Å². The highest BCUT2D eigenvalue weighted by Crippen LogP contribution is 2.37. The molecular formula is C20H27N9. The molecule has 4 atom stereocenters. The van der Waals surface area contributed by atoms with Gasteiger partial charge in [0.05, 0.1) is 24.3 Å². The standard InChI is InChI=1S/C20H27N9/c1-29-11-13(8-25-29)17-7-15-18(10-23-17)27-28-20(15)16-3-2-4-19(26-16)22-6-5-14-9-21-12-24-14/h2-4,8-9,11-12,15,17-18,20,23,27-28H,5-7,10H2,1H3,(H,21,24)(H,22,26). The minimum Gasteiger partial charge on any atom is -0.370 e. The number of hydrogen-bond donors (Lipinski definition) is 5. The minimum atomic E-state index is 0.190. The van der Waals surface area contributed by atoms with Gasteiger partial charge in [-0.2, -0.15) is 5.10 Å². The van der Waals surface area contributed by atoms with Gasteiger partial charge in [0.1, 0.15) is 5.82 Å². The van der Waals surface area contributed by atoms with Crippen molar-refractivity contribution in [3.05, 3.63) is 60.1 Å². The topological polar surface area (TPSA) is 108 Å². The van der Waals surface area contributed by atoms with Gasteiger partial charge in [-0.15, -0.1) is 0 Å². The number of hydrogen-bond acceptors (Lipinski definition) is 7. The zero-order valence-electron chi connectivity index (χ0n) is 16.5. The zero-order valence-corrected chi connectivity index (χ0v) is 16.5. The summed E-state index contributed by atoms with van der Waals surface area (Å²) in [4.78, 5) is 12.1. The predicted molar refractivity (Wildman–Crippen MR) is 110 cm³/mol. The first-order valence-electron chi connectivity index (χ1n) is 10.2. The lowest BCUT2D eigenvalue weighted by molar-refractivity contribution is 0.265. The maximum atomic E-state index is 4.89. The van der Waals surface area contributed by atoms with Crippen LogP contribution in [-0.2, 0) is 13.5 Å². The van der Waals surface area contributed by atoms with E-state index < -0.39 is 0 Å². The third kappa shape index (κ3) is 3.89. The van der Waals surface area contributed by atoms with Crippen molar-refractivity contribution >= 4 is 5.82 Å². The average Bonchev–Trinajstić information content (AvgIpc) is 3.48. The second-order valence-electron chi connectivity index (χ2n) is 7.88. The van der Waals surface area contributed by atoms with E-state index in [1.54, 1.807) is 6.33 Å². The Bertz CT molecular complexity index is 935. The number of aryl methyl sites for hydroxylation is 1. The molecule has 0 spiro atoms. The Morgan fingerprint density at radius 3 is 3.03 bits per heavy atom. The number of hydrazine groups is 1. The summed E-state index contributed by atoms with van der Waals surface area (Å²) in [5.41, 5.74) is 10.4. The van der Waals surface area contributed by atoms with Crippen LogP contribution in [0.5, 0.6) is 0 Å². The first kappa shape index (κ1) is 18.3. The zero-order chi connectivity index (χ0) is 19.6. The molecule has 2 aliphatic rings. The van der Waals surface area contributed by atoms with Crippen molar-refractivity contribution in [2.24, 2.45) is 13.0 Å². The van der Waals surface area contributed by atoms with Crippen LogP contribution in [0.3, 0.4) is 0 Å². The molecule has 5 rings (SSSR count). The molecule has 9 nitrogen and oxygen atoms in total. The molecule has 0 saturated carbocycles. The van der Waals surface area contributed by atoms with Crippen molar-refractivity contribution in [2.45, 2.75) is 31.0 Å². The fourth-order valence-corrected chi connectivity index (χ4v) is 4.41. The van der Waals surface area contributed by atoms with Crippen LogP contribution in [0, 0.1) is 5.92 Å². The number of rotatable bonds is 6. The van der Waals surface area contributed by atoms with Crippen molar-refractivity contribution in [1.29, 1.82) is 0 Å². The molecule has 2 fully saturated rings. The molecule has 0 aliphatic carbocycles. The van der Waals surface area contributed by atoms with Gasteiger partial charge in [-0.25, -0.2) is 15.4 Å². The van der Waals surface area contributed by atoms with E-state index >= 15 is 0 Å². The summed E-state index contributed by atoms with van der Waals surface area (Å²) in [5.74, 6) is 1.37. The van der Waals surface area contributed by atoms with Crippen molar-refractivity contribution in [1.82, 2.24) is 40.9 Å². The summed E-state index contributed by atoms with van der Waals surface area (Å²) < 4.78 is 1.87. The fourth-order valence-electron chi connectivity index (χ4n) is 4.41. The summed E-state index contributed by atoms with van der Waals surface area (Å²) >= 11 is 0. The third-order valence-electron chi connectivity index (χ3n) is 5.93. The first-order valence-corrected chi connectivity index (χ1v) is 10.2. The number of aromatic nitrogens is 5. The van der Waals surface area contributed by atoms with E-state index in [1.165, 1.54) is 5.56 Å². The molecular weight excluding hydrogens is 366 g/mol. The normalized spacial score (nSPS) is 26.4. The molecule has 5 heterocycles. The summed E-state index contributed by atoms with van der Waals surface area (Å²) in [6.45, 7) is 1.74. The fraction of sp³-hybridized carbons (Fsp3) is 0.450. The van der Waals surface area contributed by atoms with Crippen molar-refractivity contribution in [2.75, 3.05) is 18.4 Å². The Kier molecular flexibility index (Phi) is 5.01. The lowest BCUT2D eigenvalue weighted by Gasteiger charge is -2.33. The minimum absolute atomic E-state index is 0.190. The van der Waals surface area contributed by atoms with Crippen LogP contribution in [0.2, 0.25) is 0 Å². The summed E-state index contributed by atoms with van der Waals surface area (Å²) in [7, 11) is 1.96. The number of pyridine rings is 1. The van der Waals surface area contributed by atoms with Crippen molar-refractivity contribution < 1.29 is 0 Å². The quantitative estimate of drug-likeness (QED) is 0.426. The number of imidazole rings is 1. The number of H-pyrrole nitrogens is 1. The Labute approximate surface area is 169 Å². The molecule has 2 aliphatic heterocycles. The van der Waals surface area contributed by atoms with Crippen LogP contribution in [0.15, 0.2) is 43.1 Å². The number of aromatic amines is 1. The molecule has 0 radical (unpaired) electrons. The van der Waals surface area contributed by atoms with Crippen LogP contribution >= 0.6 is 0 Å². The highest BCUT2D eigenvalue weighted by atomic mass is 15.4. The molecule has 0 aromatic carbocycles. The van der Waals surface area contributed by atoms with E-state index in [0.717, 1.165) is 43.1 Å². The van der Waals surface area contributed by atoms with Gasteiger partial charge in [0.15, 0.2) is 0 Å². The molecule has 29 heavy (non-hydrogen) atoms. The van der Waals surface area contributed by atoms with Crippen LogP contribution in [-0.4, -0.2) is 43.9 Å². The van der Waals surface area contributed by atoms with Crippen LogP contribution in [0.4, 0.5) is 5.82 Å². The van der Waals surface area contributed by atoms with Crippen molar-refractivity contribution in [3.63, 3.8) is 0 Å². The molecule has 4 unspecified atom stereocenters. The van der Waals surface area contributed by atoms with E-state index in [2.05, 4.69) is 54.9 Å². The van der Waals surface area contributed by atoms with E-state index in [4.69, 9.17) is 4.98 Å². The summed E-state index contributed by atoms with van der Waals surface area (Å²) in [5, 5.41) is 11.4. The number of piperidine rings is 1. The molecule has 2 saturated heterocycles. The SMILES string of the molecule is Cn1cc(C2CC3C(CN2)NNC3c2cccc(NCCc3cnc[nH]3)n2)cn1. The van der Waals surface area contributed by atoms with E-state index in [1.807, 2.05) is 30.2 Å². The average molecular weight is 393 g/mol. The Morgan fingerprint density at radius 1 is 1.24 bits per heavy atom. The number of nitrogens with one attached hydrogen (secondary N) is 5. The lowest BCUT2D eigenvalue weighted by atomic mass is 9.82. The first-order chi connectivity index (χ1) is 14.3. The van der Waals surface area contributed by atoms with Gasteiger partial charge >= 0.3 is 0 Å².